The standard InChI is InChI=1S/C4H8O2.Pb/c1-2-3-4(5)6;/h4H,2-3H2,1H3;/q-2;+2. The molecule has 0 amide bonds. The van der Waals surface area contributed by atoms with Gasteiger partial charge in [-0.3, -0.25) is 0 Å². The quantitative estimate of drug-likeness (QED) is 0.698. The Hall–Kier alpha value is 0.842. The Bertz CT molecular complexity index is 53.7. The van der Waals surface area contributed by atoms with Crippen LogP contribution in [0.25, 0.3) is 0 Å². The Labute approximate surface area is 56.7 Å². The molecule has 1 fully saturated rings. The molecule has 0 N–H and O–H groups in total. The minimum atomic E-state index is -0.850. The molecular formula is C4H8O2Pb. The molecule has 3 heteroatoms. The van der Waals surface area contributed by atoms with Gasteiger partial charge in [0.15, 0.2) is 0 Å². The minimum absolute atomic E-state index is 0.216. The average molecular weight is 295 g/mol. The van der Waals surface area contributed by atoms with Crippen molar-refractivity contribution in [2.45, 2.75) is 26.1 Å². The Morgan fingerprint density at radius 1 is 1.57 bits per heavy atom. The molecule has 2 nitrogen and oxygen atoms in total. The van der Waals surface area contributed by atoms with E-state index < -0.39 is 25.1 Å². The van der Waals surface area contributed by atoms with Crippen LogP contribution in [0.5, 0.6) is 0 Å². The maximum atomic E-state index is 5.14. The second kappa shape index (κ2) is 2.99. The van der Waals surface area contributed by atoms with E-state index in [9.17, 15) is 0 Å². The first-order valence-electron chi connectivity index (χ1n) is 2.50. The number of hydrogen-bond donors (Lipinski definition) is 0. The van der Waals surface area contributed by atoms with Crippen molar-refractivity contribution in [1.29, 1.82) is 0 Å². The van der Waals surface area contributed by atoms with E-state index in [1.54, 1.807) is 0 Å². The fraction of sp³-hybridized carbons (Fsp3) is 1.00. The zero-order valence-electron chi connectivity index (χ0n) is 4.31. The molecule has 0 aromatic carbocycles. The van der Waals surface area contributed by atoms with Crippen molar-refractivity contribution in [1.82, 2.24) is 0 Å². The molecular weight excluding hydrogens is 287 g/mol. The van der Waals surface area contributed by atoms with Crippen molar-refractivity contribution in [3.8, 4) is 0 Å². The predicted molar refractivity (Wildman–Crippen MR) is 26.6 cm³/mol. The summed E-state index contributed by atoms with van der Waals surface area (Å²) in [7, 11) is 0. The van der Waals surface area contributed by atoms with Gasteiger partial charge in [0, 0.05) is 0 Å². The predicted octanol–water partition coefficient (Wildman–Crippen LogP) is 0.694. The molecule has 1 aliphatic heterocycles. The van der Waals surface area contributed by atoms with Gasteiger partial charge in [0.05, 0.1) is 0 Å². The maximum absolute atomic E-state index is 5.14. The van der Waals surface area contributed by atoms with Crippen LogP contribution in [-0.2, 0) is 5.37 Å². The van der Waals surface area contributed by atoms with Gasteiger partial charge in [-0.05, 0) is 0 Å². The molecule has 0 atom stereocenters. The third-order valence-electron chi connectivity index (χ3n) is 0.883. The van der Waals surface area contributed by atoms with Crippen molar-refractivity contribution in [3.63, 3.8) is 0 Å². The molecule has 1 heterocycles. The normalized spacial score (nSPS) is 21.9. The van der Waals surface area contributed by atoms with E-state index in [4.69, 9.17) is 5.37 Å². The zero-order chi connectivity index (χ0) is 5.11. The molecule has 0 spiro atoms. The molecule has 0 bridgehead atoms. The molecule has 0 aromatic heterocycles. The first-order chi connectivity index (χ1) is 3.43. The van der Waals surface area contributed by atoms with Crippen LogP contribution in [0, 0.1) is 0 Å². The fourth-order valence-electron chi connectivity index (χ4n) is 0.470. The van der Waals surface area contributed by atoms with Crippen LogP contribution in [0.1, 0.15) is 19.8 Å². The van der Waals surface area contributed by atoms with Gasteiger partial charge >= 0.3 is 56.6 Å². The third-order valence-corrected chi connectivity index (χ3v) is 3.68. The first kappa shape index (κ1) is 5.97. The van der Waals surface area contributed by atoms with E-state index in [0.717, 1.165) is 6.42 Å². The van der Waals surface area contributed by atoms with Crippen LogP contribution in [0.3, 0.4) is 0 Å². The zero-order valence-corrected chi connectivity index (χ0v) is 8.20. The molecule has 2 radical (unpaired) electrons. The molecule has 0 aliphatic carbocycles. The molecule has 40 valence electrons. The van der Waals surface area contributed by atoms with Gasteiger partial charge < -0.3 is 0 Å². The fourth-order valence-corrected chi connectivity index (χ4v) is 2.29. The van der Waals surface area contributed by atoms with Crippen molar-refractivity contribution in [2.75, 3.05) is 0 Å². The summed E-state index contributed by atoms with van der Waals surface area (Å²) in [5.41, 5.74) is 0. The van der Waals surface area contributed by atoms with E-state index in [0.29, 0.717) is 0 Å². The summed E-state index contributed by atoms with van der Waals surface area (Å²) >= 11 is -0.850. The van der Waals surface area contributed by atoms with Gasteiger partial charge in [-0.25, -0.2) is 0 Å². The number of rotatable bonds is 2. The Morgan fingerprint density at radius 3 is 2.43 bits per heavy atom. The van der Waals surface area contributed by atoms with Gasteiger partial charge in [0.2, 0.25) is 0 Å². The SMILES string of the molecule is CCCC1[O][Pb][O]1. The third kappa shape index (κ3) is 1.66. The van der Waals surface area contributed by atoms with Crippen LogP contribution < -0.4 is 0 Å². The summed E-state index contributed by atoms with van der Waals surface area (Å²) in [4.78, 5) is 0. The van der Waals surface area contributed by atoms with E-state index in [2.05, 4.69) is 6.92 Å². The van der Waals surface area contributed by atoms with Crippen molar-refractivity contribution < 1.29 is 5.37 Å². The van der Waals surface area contributed by atoms with Crippen molar-refractivity contribution in [3.05, 3.63) is 0 Å². The first-order valence-corrected chi connectivity index (χ1v) is 5.67. The second-order valence-corrected chi connectivity index (χ2v) is 4.02. The molecule has 0 unspecified atom stereocenters. The second-order valence-electron chi connectivity index (χ2n) is 1.54. The number of hydrogen-bond acceptors (Lipinski definition) is 2. The summed E-state index contributed by atoms with van der Waals surface area (Å²) in [6.45, 7) is 2.14. The van der Waals surface area contributed by atoms with Gasteiger partial charge in [0.25, 0.3) is 0 Å². The van der Waals surface area contributed by atoms with Gasteiger partial charge in [-0.15, -0.1) is 0 Å². The molecule has 7 heavy (non-hydrogen) atoms. The monoisotopic (exact) mass is 296 g/mol. The van der Waals surface area contributed by atoms with E-state index >= 15 is 0 Å². The summed E-state index contributed by atoms with van der Waals surface area (Å²) in [5, 5.41) is 0. The Balaban J connectivity index is 1.93. The van der Waals surface area contributed by atoms with E-state index in [1.807, 2.05) is 0 Å². The van der Waals surface area contributed by atoms with Gasteiger partial charge in [-0.1, -0.05) is 0 Å². The van der Waals surface area contributed by atoms with Crippen molar-refractivity contribution in [2.24, 2.45) is 0 Å². The average Bonchev–Trinajstić information content (AvgIpc) is 1.55. The summed E-state index contributed by atoms with van der Waals surface area (Å²) < 4.78 is 10.3. The molecule has 1 saturated heterocycles. The van der Waals surface area contributed by atoms with Crippen molar-refractivity contribution >= 4 is 25.1 Å². The van der Waals surface area contributed by atoms with Gasteiger partial charge in [-0.2, -0.15) is 0 Å². The van der Waals surface area contributed by atoms with Crippen LogP contribution >= 0.6 is 0 Å². The molecule has 0 aromatic rings. The summed E-state index contributed by atoms with van der Waals surface area (Å²) in [6, 6.07) is 0. The van der Waals surface area contributed by atoms with Crippen LogP contribution in [-0.4, -0.2) is 31.4 Å². The molecule has 0 saturated carbocycles. The van der Waals surface area contributed by atoms with Crippen LogP contribution in [0.15, 0.2) is 0 Å². The summed E-state index contributed by atoms with van der Waals surface area (Å²) in [6.07, 6.45) is 2.48. The molecule has 1 rings (SSSR count). The van der Waals surface area contributed by atoms with E-state index in [1.165, 1.54) is 6.42 Å². The van der Waals surface area contributed by atoms with Crippen LogP contribution in [0.2, 0.25) is 0 Å². The topological polar surface area (TPSA) is 18.5 Å². The Morgan fingerprint density at radius 2 is 2.29 bits per heavy atom. The summed E-state index contributed by atoms with van der Waals surface area (Å²) in [5.74, 6) is 0. The Kier molecular flexibility index (Phi) is 2.55. The van der Waals surface area contributed by atoms with Crippen LogP contribution in [0.4, 0.5) is 0 Å². The molecule has 1 aliphatic rings. The van der Waals surface area contributed by atoms with Gasteiger partial charge in [0.1, 0.15) is 0 Å². The van der Waals surface area contributed by atoms with E-state index in [-0.39, 0.29) is 6.29 Å².